The number of hydroxylamine groups is 2. The molecule has 8 heteroatoms. The number of amidine groups is 1. The minimum Gasteiger partial charge on any atom is -0.409 e. The van der Waals surface area contributed by atoms with Gasteiger partial charge >= 0.3 is 0 Å². The monoisotopic (exact) mass is 402 g/mol. The Morgan fingerprint density at radius 2 is 1.93 bits per heavy atom. The minimum atomic E-state index is -0.614. The van der Waals surface area contributed by atoms with Gasteiger partial charge in [0.05, 0.1) is 17.6 Å². The van der Waals surface area contributed by atoms with Crippen LogP contribution in [-0.2, 0) is 0 Å². The number of rotatable bonds is 2. The second-order valence-electron chi connectivity index (χ2n) is 6.87. The first-order chi connectivity index (χ1) is 13.6. The van der Waals surface area contributed by atoms with Crippen molar-refractivity contribution >= 4 is 23.1 Å². The second-order valence-corrected chi connectivity index (χ2v) is 7.31. The van der Waals surface area contributed by atoms with E-state index in [-0.39, 0.29) is 17.8 Å². The lowest BCUT2D eigenvalue weighted by Crippen LogP contribution is -2.42. The Hall–Kier alpha value is -2.64. The normalized spacial score (nSPS) is 20.0. The number of hydrogen-bond donors (Lipinski definition) is 2. The van der Waals surface area contributed by atoms with Gasteiger partial charge in [-0.1, -0.05) is 28.9 Å². The molecule has 0 saturated carbocycles. The second kappa shape index (κ2) is 7.77. The Balaban J connectivity index is 1.92. The van der Waals surface area contributed by atoms with Crippen molar-refractivity contribution in [3.63, 3.8) is 0 Å². The van der Waals surface area contributed by atoms with Crippen molar-refractivity contribution in [1.29, 1.82) is 0 Å². The van der Waals surface area contributed by atoms with Crippen LogP contribution in [0.2, 0.25) is 5.02 Å². The van der Waals surface area contributed by atoms with Crippen LogP contribution < -0.4 is 10.6 Å². The molecule has 2 heterocycles. The van der Waals surface area contributed by atoms with Gasteiger partial charge in [-0.25, -0.2) is 4.39 Å². The summed E-state index contributed by atoms with van der Waals surface area (Å²) in [5.74, 6) is -0.0660. The molecule has 2 aromatic carbocycles. The van der Waals surface area contributed by atoms with Gasteiger partial charge < -0.3 is 10.1 Å². The highest BCUT2D eigenvalue weighted by atomic mass is 35.5. The van der Waals surface area contributed by atoms with Crippen molar-refractivity contribution in [3.05, 3.63) is 69.4 Å². The largest absolute Gasteiger partial charge is 0.409 e. The maximum Gasteiger partial charge on any atom is 0.171 e. The SMILES string of the molecule is ON=C(C1CN(O)C(c2ccccc2F)=c2cc(Cl)ccc2=N1)N1CCCC1. The van der Waals surface area contributed by atoms with Gasteiger partial charge in [0.25, 0.3) is 0 Å². The number of likely N-dealkylation sites (tertiary alicyclic amines) is 1. The van der Waals surface area contributed by atoms with E-state index in [0.29, 0.717) is 21.4 Å². The predicted octanol–water partition coefficient (Wildman–Crippen LogP) is 2.21. The van der Waals surface area contributed by atoms with Crippen LogP contribution in [0.1, 0.15) is 18.4 Å². The maximum absolute atomic E-state index is 14.5. The molecule has 1 saturated heterocycles. The van der Waals surface area contributed by atoms with Crippen LogP contribution in [0, 0.1) is 5.82 Å². The number of benzene rings is 2. The van der Waals surface area contributed by atoms with Crippen molar-refractivity contribution in [1.82, 2.24) is 9.96 Å². The molecule has 0 spiro atoms. The van der Waals surface area contributed by atoms with E-state index in [9.17, 15) is 14.8 Å². The summed E-state index contributed by atoms with van der Waals surface area (Å²) in [6.45, 7) is 1.56. The number of oxime groups is 1. The van der Waals surface area contributed by atoms with Gasteiger partial charge in [0.2, 0.25) is 0 Å². The van der Waals surface area contributed by atoms with Crippen LogP contribution in [0.5, 0.6) is 0 Å². The zero-order valence-corrected chi connectivity index (χ0v) is 15.8. The molecule has 28 heavy (non-hydrogen) atoms. The molecular weight excluding hydrogens is 383 g/mol. The summed E-state index contributed by atoms with van der Waals surface area (Å²) in [5, 5.41) is 26.5. The summed E-state index contributed by atoms with van der Waals surface area (Å²) in [6, 6.07) is 10.7. The fourth-order valence-corrected chi connectivity index (χ4v) is 3.95. The summed E-state index contributed by atoms with van der Waals surface area (Å²) in [5.41, 5.74) is 0.522. The van der Waals surface area contributed by atoms with Crippen molar-refractivity contribution in [2.24, 2.45) is 10.1 Å². The van der Waals surface area contributed by atoms with Gasteiger partial charge in [0.1, 0.15) is 11.9 Å². The standard InChI is InChI=1S/C20H20ClFN4O2/c21-13-7-8-17-15(11-13)19(14-5-1-2-6-16(14)22)26(28)12-18(23-17)20(24-27)25-9-3-4-10-25/h1-2,5-8,11,18,27-28H,3-4,9-10,12H2. The molecule has 1 fully saturated rings. The third kappa shape index (κ3) is 3.43. The molecule has 2 aromatic rings. The van der Waals surface area contributed by atoms with E-state index in [1.165, 1.54) is 6.07 Å². The predicted molar refractivity (Wildman–Crippen MR) is 103 cm³/mol. The number of halogens is 2. The number of hydrogen-bond acceptors (Lipinski definition) is 5. The van der Waals surface area contributed by atoms with Gasteiger partial charge in [-0.15, -0.1) is 0 Å². The first-order valence-corrected chi connectivity index (χ1v) is 9.52. The third-order valence-electron chi connectivity index (χ3n) is 5.07. The lowest BCUT2D eigenvalue weighted by Gasteiger charge is -2.27. The summed E-state index contributed by atoms with van der Waals surface area (Å²) < 4.78 is 14.5. The average Bonchev–Trinajstić information content (AvgIpc) is 3.16. The highest BCUT2D eigenvalue weighted by Crippen LogP contribution is 2.21. The molecule has 2 aliphatic heterocycles. The van der Waals surface area contributed by atoms with Crippen LogP contribution in [0.4, 0.5) is 4.39 Å². The summed E-state index contributed by atoms with van der Waals surface area (Å²) in [4.78, 5) is 6.68. The minimum absolute atomic E-state index is 0.0197. The van der Waals surface area contributed by atoms with Gasteiger partial charge in [0.15, 0.2) is 5.84 Å². The Kier molecular flexibility index (Phi) is 5.19. The molecule has 6 nitrogen and oxygen atoms in total. The van der Waals surface area contributed by atoms with Gasteiger partial charge in [0, 0.05) is 28.9 Å². The molecule has 1 atom stereocenters. The van der Waals surface area contributed by atoms with Gasteiger partial charge in [-0.3, -0.25) is 15.3 Å². The molecule has 0 aromatic heterocycles. The smallest absolute Gasteiger partial charge is 0.171 e. The molecule has 4 rings (SSSR count). The zero-order valence-electron chi connectivity index (χ0n) is 15.1. The molecule has 0 radical (unpaired) electrons. The number of fused-ring (bicyclic) bond motifs is 1. The molecular formula is C20H20ClFN4O2. The van der Waals surface area contributed by atoms with Crippen LogP contribution >= 0.6 is 11.6 Å². The molecule has 146 valence electrons. The third-order valence-corrected chi connectivity index (χ3v) is 5.31. The molecule has 0 bridgehead atoms. The van der Waals surface area contributed by atoms with Crippen LogP contribution in [0.15, 0.2) is 52.6 Å². The molecule has 2 N–H and O–H groups in total. The van der Waals surface area contributed by atoms with E-state index >= 15 is 0 Å². The maximum atomic E-state index is 14.5. The van der Waals surface area contributed by atoms with E-state index in [2.05, 4.69) is 5.16 Å². The first-order valence-electron chi connectivity index (χ1n) is 9.14. The van der Waals surface area contributed by atoms with E-state index < -0.39 is 11.9 Å². The molecule has 1 unspecified atom stereocenters. The van der Waals surface area contributed by atoms with E-state index in [4.69, 9.17) is 16.6 Å². The fraction of sp³-hybridized carbons (Fsp3) is 0.300. The number of nitrogens with zero attached hydrogens (tertiary/aromatic N) is 4. The van der Waals surface area contributed by atoms with Crippen molar-refractivity contribution in [3.8, 4) is 0 Å². The average molecular weight is 403 g/mol. The fourth-order valence-electron chi connectivity index (χ4n) is 3.78. The molecule has 2 aliphatic rings. The van der Waals surface area contributed by atoms with Crippen molar-refractivity contribution < 1.29 is 14.8 Å². The quantitative estimate of drug-likeness (QED) is 0.350. The van der Waals surface area contributed by atoms with Gasteiger partial charge in [-0.05, 0) is 43.2 Å². The topological polar surface area (TPSA) is 71.7 Å². The van der Waals surface area contributed by atoms with E-state index in [1.54, 1.807) is 36.4 Å². The molecule has 0 amide bonds. The first kappa shape index (κ1) is 18.7. The molecule has 0 aliphatic carbocycles. The summed E-state index contributed by atoms with van der Waals surface area (Å²) in [7, 11) is 0. The van der Waals surface area contributed by atoms with Gasteiger partial charge in [-0.2, -0.15) is 0 Å². The van der Waals surface area contributed by atoms with Crippen molar-refractivity contribution in [2.45, 2.75) is 18.9 Å². The van der Waals surface area contributed by atoms with E-state index in [0.717, 1.165) is 31.0 Å². The van der Waals surface area contributed by atoms with Crippen LogP contribution in [0.25, 0.3) is 5.70 Å². The Bertz CT molecular complexity index is 1040. The summed E-state index contributed by atoms with van der Waals surface area (Å²) in [6.07, 6.45) is 2.01. The van der Waals surface area contributed by atoms with Crippen molar-refractivity contribution in [2.75, 3.05) is 19.6 Å². The van der Waals surface area contributed by atoms with E-state index in [1.807, 2.05) is 4.90 Å². The highest BCUT2D eigenvalue weighted by Gasteiger charge is 2.30. The summed E-state index contributed by atoms with van der Waals surface area (Å²) >= 11 is 6.18. The lowest BCUT2D eigenvalue weighted by atomic mass is 10.1. The Morgan fingerprint density at radius 1 is 1.18 bits per heavy atom. The zero-order chi connectivity index (χ0) is 19.7. The Morgan fingerprint density at radius 3 is 2.64 bits per heavy atom. The van der Waals surface area contributed by atoms with Crippen LogP contribution in [-0.4, -0.2) is 51.9 Å². The Labute approximate surface area is 166 Å². The highest BCUT2D eigenvalue weighted by molar-refractivity contribution is 6.30. The van der Waals surface area contributed by atoms with Crippen LogP contribution in [0.3, 0.4) is 0 Å². The lowest BCUT2D eigenvalue weighted by molar-refractivity contribution is -0.0283.